The molecule has 0 saturated carbocycles. The van der Waals surface area contributed by atoms with Gasteiger partial charge >= 0.3 is 12.1 Å². The molecule has 3 rings (SSSR count). The summed E-state index contributed by atoms with van der Waals surface area (Å²) in [5, 5.41) is 36.2. The Hall–Kier alpha value is -4.65. The number of carbonyl (C=O) groups excluding carboxylic acids is 3. The monoisotopic (exact) mass is 676 g/mol. The SMILES string of the molecule is CC(C)C(CC(=O)O)C(=O)NC(Cc1ccccc1)C(O)C(O)C(Cc1ccccc1)N(C(=O)OCc1cccnc1)C(=O)[C@@H](N)C(C)C. The Morgan fingerprint density at radius 2 is 1.39 bits per heavy atom. The van der Waals surface area contributed by atoms with Crippen molar-refractivity contribution in [1.29, 1.82) is 0 Å². The third kappa shape index (κ3) is 11.5. The second-order valence-corrected chi connectivity index (χ2v) is 12.9. The Labute approximate surface area is 287 Å². The first-order valence-corrected chi connectivity index (χ1v) is 16.4. The number of aliphatic hydroxyl groups excluding tert-OH is 2. The number of aliphatic hydroxyl groups is 2. The second kappa shape index (κ2) is 18.8. The Morgan fingerprint density at radius 1 is 0.816 bits per heavy atom. The van der Waals surface area contributed by atoms with E-state index >= 15 is 0 Å². The summed E-state index contributed by atoms with van der Waals surface area (Å²) < 4.78 is 5.56. The molecule has 5 unspecified atom stereocenters. The Balaban J connectivity index is 2.07. The number of aromatic nitrogens is 1. The van der Waals surface area contributed by atoms with Gasteiger partial charge in [-0.2, -0.15) is 0 Å². The maximum absolute atomic E-state index is 14.0. The van der Waals surface area contributed by atoms with Gasteiger partial charge in [-0.1, -0.05) is 94.4 Å². The number of hydrogen-bond acceptors (Lipinski definition) is 9. The van der Waals surface area contributed by atoms with Gasteiger partial charge in [-0.15, -0.1) is 0 Å². The minimum atomic E-state index is -1.82. The topological polar surface area (TPSA) is 192 Å². The number of aliphatic carboxylic acids is 1. The number of carboxylic acid groups (broad SMARTS) is 1. The van der Waals surface area contributed by atoms with Crippen LogP contribution in [0.25, 0.3) is 0 Å². The van der Waals surface area contributed by atoms with Gasteiger partial charge in [0.15, 0.2) is 0 Å². The minimum absolute atomic E-state index is 0.0473. The molecular formula is C37H48N4O8. The zero-order valence-corrected chi connectivity index (χ0v) is 28.4. The number of nitrogens with two attached hydrogens (primary N) is 1. The lowest BCUT2D eigenvalue weighted by molar-refractivity contribution is -0.143. The number of pyridine rings is 1. The summed E-state index contributed by atoms with van der Waals surface area (Å²) in [5.41, 5.74) is 8.19. The Morgan fingerprint density at radius 3 is 1.90 bits per heavy atom. The third-order valence-corrected chi connectivity index (χ3v) is 8.46. The molecule has 6 atom stereocenters. The van der Waals surface area contributed by atoms with Gasteiger partial charge in [0, 0.05) is 18.0 Å². The van der Waals surface area contributed by atoms with Crippen molar-refractivity contribution in [1.82, 2.24) is 15.2 Å². The maximum atomic E-state index is 14.0. The van der Waals surface area contributed by atoms with Gasteiger partial charge in [-0.05, 0) is 41.9 Å². The molecule has 2 aromatic carbocycles. The predicted molar refractivity (Wildman–Crippen MR) is 183 cm³/mol. The maximum Gasteiger partial charge on any atom is 0.417 e. The molecule has 264 valence electrons. The molecule has 0 spiro atoms. The van der Waals surface area contributed by atoms with Gasteiger partial charge < -0.3 is 31.1 Å². The highest BCUT2D eigenvalue weighted by molar-refractivity contribution is 5.95. The molecule has 0 saturated heterocycles. The molecule has 0 bridgehead atoms. The standard InChI is InChI=1S/C37H48N4O8/c1-23(2)28(20-31(42)43)35(46)40-29(18-25-12-7-5-8-13-25)33(44)34(45)30(19-26-14-9-6-10-15-26)41(36(47)32(38)24(3)4)37(48)49-22-27-16-11-17-39-21-27/h5-17,21,23-24,28-30,32-34,44-45H,18-20,22,38H2,1-4H3,(H,40,46)(H,42,43)/t28?,29?,30?,32-,33?,34?/m0/s1. The van der Waals surface area contributed by atoms with Crippen LogP contribution in [0.4, 0.5) is 4.79 Å². The van der Waals surface area contributed by atoms with E-state index in [1.165, 1.54) is 6.20 Å². The molecule has 1 heterocycles. The lowest BCUT2D eigenvalue weighted by Crippen LogP contribution is -2.62. The minimum Gasteiger partial charge on any atom is -0.481 e. The van der Waals surface area contributed by atoms with E-state index in [0.717, 1.165) is 4.90 Å². The van der Waals surface area contributed by atoms with E-state index in [0.29, 0.717) is 16.7 Å². The number of imide groups is 1. The van der Waals surface area contributed by atoms with Crippen LogP contribution < -0.4 is 11.1 Å². The van der Waals surface area contributed by atoms with E-state index in [2.05, 4.69) is 10.3 Å². The molecule has 12 nitrogen and oxygen atoms in total. The molecule has 0 fully saturated rings. The lowest BCUT2D eigenvalue weighted by Gasteiger charge is -2.38. The summed E-state index contributed by atoms with van der Waals surface area (Å²) in [6, 6.07) is 17.4. The van der Waals surface area contributed by atoms with Crippen LogP contribution in [-0.2, 0) is 38.6 Å². The summed E-state index contributed by atoms with van der Waals surface area (Å²) in [7, 11) is 0. The lowest BCUT2D eigenvalue weighted by atomic mass is 9.88. The van der Waals surface area contributed by atoms with Crippen molar-refractivity contribution in [3.8, 4) is 0 Å². The fourth-order valence-corrected chi connectivity index (χ4v) is 5.45. The first kappa shape index (κ1) is 38.8. The summed E-state index contributed by atoms with van der Waals surface area (Å²) in [6.07, 6.45) is -2.05. The summed E-state index contributed by atoms with van der Waals surface area (Å²) in [5.74, 6) is -4.25. The fraction of sp³-hybridized carbons (Fsp3) is 0.432. The molecule has 0 aliphatic rings. The number of carboxylic acids is 1. The molecule has 0 radical (unpaired) electrons. The number of carbonyl (C=O) groups is 4. The molecule has 0 aliphatic carbocycles. The van der Waals surface area contributed by atoms with Crippen LogP contribution in [0.15, 0.2) is 85.2 Å². The van der Waals surface area contributed by atoms with E-state index in [1.807, 2.05) is 0 Å². The van der Waals surface area contributed by atoms with Gasteiger partial charge in [0.1, 0.15) is 18.8 Å². The van der Waals surface area contributed by atoms with Crippen molar-refractivity contribution in [2.24, 2.45) is 23.5 Å². The van der Waals surface area contributed by atoms with Crippen molar-refractivity contribution >= 4 is 23.9 Å². The van der Waals surface area contributed by atoms with E-state index in [-0.39, 0.29) is 25.4 Å². The van der Waals surface area contributed by atoms with Crippen molar-refractivity contribution in [2.45, 2.75) is 83.9 Å². The largest absolute Gasteiger partial charge is 0.481 e. The van der Waals surface area contributed by atoms with Gasteiger partial charge in [-0.3, -0.25) is 19.4 Å². The fourth-order valence-electron chi connectivity index (χ4n) is 5.45. The zero-order chi connectivity index (χ0) is 36.1. The average molecular weight is 677 g/mol. The number of benzene rings is 2. The zero-order valence-electron chi connectivity index (χ0n) is 28.4. The molecular weight excluding hydrogens is 628 g/mol. The first-order valence-electron chi connectivity index (χ1n) is 16.4. The van der Waals surface area contributed by atoms with Crippen LogP contribution in [0.5, 0.6) is 0 Å². The Kier molecular flexibility index (Phi) is 14.9. The van der Waals surface area contributed by atoms with Crippen LogP contribution in [0.3, 0.4) is 0 Å². The molecule has 49 heavy (non-hydrogen) atoms. The van der Waals surface area contributed by atoms with E-state index in [4.69, 9.17) is 10.5 Å². The van der Waals surface area contributed by atoms with E-state index < -0.39 is 72.5 Å². The smallest absolute Gasteiger partial charge is 0.417 e. The molecule has 1 aromatic heterocycles. The van der Waals surface area contributed by atoms with Crippen LogP contribution in [0, 0.1) is 17.8 Å². The molecule has 3 amide bonds. The molecule has 0 aliphatic heterocycles. The van der Waals surface area contributed by atoms with Crippen LogP contribution in [-0.4, -0.2) is 79.4 Å². The number of rotatable bonds is 17. The first-order chi connectivity index (χ1) is 23.3. The number of nitrogens with zero attached hydrogens (tertiary/aromatic N) is 2. The van der Waals surface area contributed by atoms with Crippen molar-refractivity contribution in [2.75, 3.05) is 0 Å². The molecule has 6 N–H and O–H groups in total. The summed E-state index contributed by atoms with van der Waals surface area (Å²) in [4.78, 5) is 57.7. The molecule has 12 heteroatoms. The van der Waals surface area contributed by atoms with Gasteiger partial charge in [0.25, 0.3) is 0 Å². The summed E-state index contributed by atoms with van der Waals surface area (Å²) >= 11 is 0. The molecule has 3 aromatic rings. The quantitative estimate of drug-likeness (QED) is 0.142. The normalized spacial score (nSPS) is 15.0. The average Bonchev–Trinajstić information content (AvgIpc) is 3.09. The van der Waals surface area contributed by atoms with Crippen LogP contribution in [0.1, 0.15) is 50.8 Å². The van der Waals surface area contributed by atoms with Gasteiger partial charge in [-0.25, -0.2) is 9.69 Å². The highest BCUT2D eigenvalue weighted by atomic mass is 16.6. The second-order valence-electron chi connectivity index (χ2n) is 12.9. The summed E-state index contributed by atoms with van der Waals surface area (Å²) in [6.45, 7) is 6.65. The number of nitrogens with one attached hydrogen (secondary N) is 1. The predicted octanol–water partition coefficient (Wildman–Crippen LogP) is 3.34. The highest BCUT2D eigenvalue weighted by Gasteiger charge is 2.43. The van der Waals surface area contributed by atoms with Crippen molar-refractivity contribution in [3.63, 3.8) is 0 Å². The van der Waals surface area contributed by atoms with Crippen molar-refractivity contribution in [3.05, 3.63) is 102 Å². The van der Waals surface area contributed by atoms with Gasteiger partial charge in [0.05, 0.1) is 30.5 Å². The number of hydrogen-bond donors (Lipinski definition) is 5. The highest BCUT2D eigenvalue weighted by Crippen LogP contribution is 2.23. The third-order valence-electron chi connectivity index (χ3n) is 8.46. The van der Waals surface area contributed by atoms with E-state index in [9.17, 15) is 34.5 Å². The Bertz CT molecular complexity index is 1490. The van der Waals surface area contributed by atoms with E-state index in [1.54, 1.807) is 107 Å². The number of amides is 3. The number of ether oxygens (including phenoxy) is 1. The van der Waals surface area contributed by atoms with Crippen molar-refractivity contribution < 1.29 is 39.2 Å². The van der Waals surface area contributed by atoms with Gasteiger partial charge in [0.2, 0.25) is 11.8 Å². The van der Waals surface area contributed by atoms with Crippen LogP contribution in [0.2, 0.25) is 0 Å². The van der Waals surface area contributed by atoms with Crippen LogP contribution >= 0.6 is 0 Å².